The first-order chi connectivity index (χ1) is 11.1. The molecule has 0 saturated heterocycles. The zero-order valence-electron chi connectivity index (χ0n) is 11.9. The smallest absolute Gasteiger partial charge is 0.271 e. The molecule has 0 spiro atoms. The normalized spacial score (nSPS) is 13.1. The Morgan fingerprint density at radius 2 is 2.09 bits per heavy atom. The summed E-state index contributed by atoms with van der Waals surface area (Å²) >= 11 is 6.14. The van der Waals surface area contributed by atoms with Crippen LogP contribution in [0.3, 0.4) is 0 Å². The van der Waals surface area contributed by atoms with Crippen molar-refractivity contribution in [3.8, 4) is 11.5 Å². The predicted octanol–water partition coefficient (Wildman–Crippen LogP) is 3.47. The summed E-state index contributed by atoms with van der Waals surface area (Å²) in [7, 11) is 0. The maximum atomic E-state index is 10.7. The van der Waals surface area contributed by atoms with Gasteiger partial charge in [0.15, 0.2) is 11.5 Å². The number of fused-ring (bicyclic) bond motifs is 1. The van der Waals surface area contributed by atoms with Crippen LogP contribution in [-0.4, -0.2) is 24.4 Å². The largest absolute Gasteiger partial charge is 0.486 e. The van der Waals surface area contributed by atoms with Gasteiger partial charge >= 0.3 is 0 Å². The molecular weight excluding hydrogens is 322 g/mol. The van der Waals surface area contributed by atoms with Crippen molar-refractivity contribution in [2.75, 3.05) is 18.6 Å². The van der Waals surface area contributed by atoms with Crippen LogP contribution >= 0.6 is 11.6 Å². The molecule has 3 rings (SSSR count). The number of hydrogen-bond acceptors (Lipinski definition) is 6. The first-order valence-corrected chi connectivity index (χ1v) is 7.14. The van der Waals surface area contributed by atoms with Gasteiger partial charge < -0.3 is 9.47 Å². The number of nitrogens with one attached hydrogen (secondary N) is 1. The van der Waals surface area contributed by atoms with Crippen molar-refractivity contribution in [3.63, 3.8) is 0 Å². The van der Waals surface area contributed by atoms with E-state index in [-0.39, 0.29) is 5.69 Å². The number of ether oxygens (including phenoxy) is 2. The lowest BCUT2D eigenvalue weighted by molar-refractivity contribution is -0.384. The van der Waals surface area contributed by atoms with E-state index in [0.29, 0.717) is 35.4 Å². The fourth-order valence-electron chi connectivity index (χ4n) is 2.08. The highest BCUT2D eigenvalue weighted by molar-refractivity contribution is 6.32. The first-order valence-electron chi connectivity index (χ1n) is 6.76. The Balaban J connectivity index is 1.74. The fraction of sp³-hybridized carbons (Fsp3) is 0.133. The maximum Gasteiger partial charge on any atom is 0.271 e. The third-order valence-electron chi connectivity index (χ3n) is 3.08. The van der Waals surface area contributed by atoms with Gasteiger partial charge in [0.25, 0.3) is 5.69 Å². The number of rotatable bonds is 4. The van der Waals surface area contributed by atoms with Crippen molar-refractivity contribution < 1.29 is 14.4 Å². The zero-order valence-corrected chi connectivity index (χ0v) is 12.6. The average molecular weight is 334 g/mol. The van der Waals surface area contributed by atoms with Crippen molar-refractivity contribution in [1.82, 2.24) is 0 Å². The molecule has 0 atom stereocenters. The standard InChI is InChI=1S/C15H12ClN3O4/c16-13-6-10(7-14-15(13)23-5-4-22-14)9-17-18-11-2-1-3-12(8-11)19(20)21/h1-3,6-9,18H,4-5H2/b17-9-. The van der Waals surface area contributed by atoms with Gasteiger partial charge in [-0.2, -0.15) is 5.10 Å². The van der Waals surface area contributed by atoms with Gasteiger partial charge in [0.05, 0.1) is 21.8 Å². The molecule has 0 unspecified atom stereocenters. The van der Waals surface area contributed by atoms with Crippen molar-refractivity contribution in [3.05, 3.63) is 57.1 Å². The van der Waals surface area contributed by atoms with Crippen LogP contribution in [0.5, 0.6) is 11.5 Å². The van der Waals surface area contributed by atoms with Crippen LogP contribution in [0.4, 0.5) is 11.4 Å². The van der Waals surface area contributed by atoms with Gasteiger partial charge in [0.2, 0.25) is 0 Å². The van der Waals surface area contributed by atoms with E-state index in [0.717, 1.165) is 5.56 Å². The predicted molar refractivity (Wildman–Crippen MR) is 86.8 cm³/mol. The Morgan fingerprint density at radius 3 is 2.91 bits per heavy atom. The van der Waals surface area contributed by atoms with E-state index in [1.807, 2.05) is 0 Å². The second kappa shape index (κ2) is 6.53. The zero-order chi connectivity index (χ0) is 16.2. The number of benzene rings is 2. The lowest BCUT2D eigenvalue weighted by Crippen LogP contribution is -2.15. The van der Waals surface area contributed by atoms with Crippen LogP contribution in [-0.2, 0) is 0 Å². The number of nitro groups is 1. The molecule has 0 aliphatic carbocycles. The number of hydrazone groups is 1. The summed E-state index contributed by atoms with van der Waals surface area (Å²) in [4.78, 5) is 10.3. The van der Waals surface area contributed by atoms with Crippen molar-refractivity contribution in [1.29, 1.82) is 0 Å². The quantitative estimate of drug-likeness (QED) is 0.526. The molecule has 0 fully saturated rings. The second-order valence-electron chi connectivity index (χ2n) is 4.70. The Kier molecular flexibility index (Phi) is 4.29. The Hall–Kier alpha value is -2.80. The van der Waals surface area contributed by atoms with Gasteiger partial charge in [0, 0.05) is 12.1 Å². The molecule has 2 aromatic carbocycles. The van der Waals surface area contributed by atoms with Crippen molar-refractivity contribution >= 4 is 29.2 Å². The van der Waals surface area contributed by atoms with E-state index >= 15 is 0 Å². The van der Waals surface area contributed by atoms with Crippen molar-refractivity contribution in [2.45, 2.75) is 0 Å². The van der Waals surface area contributed by atoms with Crippen LogP contribution in [0.2, 0.25) is 5.02 Å². The molecule has 0 saturated carbocycles. The van der Waals surface area contributed by atoms with Gasteiger partial charge in [-0.1, -0.05) is 17.7 Å². The van der Waals surface area contributed by atoms with E-state index in [1.165, 1.54) is 12.1 Å². The lowest BCUT2D eigenvalue weighted by Gasteiger charge is -2.19. The highest BCUT2D eigenvalue weighted by Crippen LogP contribution is 2.37. The minimum Gasteiger partial charge on any atom is -0.486 e. The van der Waals surface area contributed by atoms with E-state index < -0.39 is 4.92 Å². The molecule has 118 valence electrons. The number of anilines is 1. The van der Waals surface area contributed by atoms with Gasteiger partial charge in [-0.15, -0.1) is 0 Å². The van der Waals surface area contributed by atoms with Gasteiger partial charge in [-0.05, 0) is 23.8 Å². The number of nitro benzene ring substituents is 1. The second-order valence-corrected chi connectivity index (χ2v) is 5.11. The van der Waals surface area contributed by atoms with Gasteiger partial charge in [-0.3, -0.25) is 15.5 Å². The molecule has 1 aliphatic rings. The summed E-state index contributed by atoms with van der Waals surface area (Å²) in [5.41, 5.74) is 3.96. The monoisotopic (exact) mass is 333 g/mol. The van der Waals surface area contributed by atoms with E-state index in [4.69, 9.17) is 21.1 Å². The molecular formula is C15H12ClN3O4. The molecule has 1 aliphatic heterocycles. The Labute approximate surface area is 136 Å². The van der Waals surface area contributed by atoms with Crippen LogP contribution in [0.1, 0.15) is 5.56 Å². The highest BCUT2D eigenvalue weighted by Gasteiger charge is 2.16. The summed E-state index contributed by atoms with van der Waals surface area (Å²) in [6.45, 7) is 0.935. The summed E-state index contributed by atoms with van der Waals surface area (Å²) in [5, 5.41) is 15.2. The number of halogens is 1. The summed E-state index contributed by atoms with van der Waals surface area (Å²) in [5.74, 6) is 1.10. The van der Waals surface area contributed by atoms with Crippen LogP contribution in [0.15, 0.2) is 41.5 Å². The van der Waals surface area contributed by atoms with E-state index in [2.05, 4.69) is 10.5 Å². The van der Waals surface area contributed by atoms with Gasteiger partial charge in [0.1, 0.15) is 13.2 Å². The molecule has 1 heterocycles. The lowest BCUT2D eigenvalue weighted by atomic mass is 10.2. The summed E-state index contributed by atoms with van der Waals surface area (Å²) in [6, 6.07) is 9.54. The fourth-order valence-corrected chi connectivity index (χ4v) is 2.35. The highest BCUT2D eigenvalue weighted by atomic mass is 35.5. The SMILES string of the molecule is O=[N+]([O-])c1cccc(N/N=C\c2cc(Cl)c3c(c2)OCCO3)c1. The van der Waals surface area contributed by atoms with Crippen LogP contribution in [0.25, 0.3) is 0 Å². The molecule has 2 aromatic rings. The summed E-state index contributed by atoms with van der Waals surface area (Å²) < 4.78 is 10.9. The van der Waals surface area contributed by atoms with Crippen LogP contribution in [0, 0.1) is 10.1 Å². The molecule has 7 nitrogen and oxygen atoms in total. The molecule has 23 heavy (non-hydrogen) atoms. The number of nitrogens with zero attached hydrogens (tertiary/aromatic N) is 2. The summed E-state index contributed by atoms with van der Waals surface area (Å²) in [6.07, 6.45) is 1.54. The molecule has 0 aromatic heterocycles. The molecule has 0 bridgehead atoms. The average Bonchev–Trinajstić information content (AvgIpc) is 2.55. The molecule has 0 amide bonds. The minimum absolute atomic E-state index is 0.00688. The third kappa shape index (κ3) is 3.51. The number of non-ortho nitro benzene ring substituents is 1. The maximum absolute atomic E-state index is 10.7. The molecule has 8 heteroatoms. The van der Waals surface area contributed by atoms with E-state index in [9.17, 15) is 10.1 Å². The van der Waals surface area contributed by atoms with Gasteiger partial charge in [-0.25, -0.2) is 0 Å². The Bertz CT molecular complexity index is 779. The topological polar surface area (TPSA) is 86.0 Å². The first kappa shape index (κ1) is 15.1. The molecule has 1 N–H and O–H groups in total. The number of hydrogen-bond donors (Lipinski definition) is 1. The van der Waals surface area contributed by atoms with Crippen molar-refractivity contribution in [2.24, 2.45) is 5.10 Å². The minimum atomic E-state index is -0.463. The van der Waals surface area contributed by atoms with Crippen LogP contribution < -0.4 is 14.9 Å². The molecule has 0 radical (unpaired) electrons. The Morgan fingerprint density at radius 1 is 1.26 bits per heavy atom. The van der Waals surface area contributed by atoms with E-state index in [1.54, 1.807) is 30.5 Å². The third-order valence-corrected chi connectivity index (χ3v) is 3.36.